The Morgan fingerprint density at radius 2 is 1.30 bits per heavy atom. The molecule has 0 atom stereocenters. The predicted octanol–water partition coefficient (Wildman–Crippen LogP) is 3.64. The van der Waals surface area contributed by atoms with Gasteiger partial charge in [-0.3, -0.25) is 0 Å². The van der Waals surface area contributed by atoms with Gasteiger partial charge in [-0.1, -0.05) is 11.6 Å². The highest BCUT2D eigenvalue weighted by molar-refractivity contribution is 8.00. The van der Waals surface area contributed by atoms with Crippen molar-refractivity contribution in [1.29, 1.82) is 0 Å². The molecular formula is C12H12ClN3O3S4. The predicted molar refractivity (Wildman–Crippen MR) is 100 cm³/mol. The topological polar surface area (TPSA) is 71.6 Å². The molecule has 0 saturated carbocycles. The minimum absolute atomic E-state index is 0.494. The van der Waals surface area contributed by atoms with E-state index in [1.807, 2.05) is 5.41 Å². The van der Waals surface area contributed by atoms with Crippen LogP contribution in [-0.2, 0) is 19.7 Å². The van der Waals surface area contributed by atoms with Gasteiger partial charge in [0.05, 0.1) is 5.03 Å². The number of hydrogen-bond acceptors (Lipinski definition) is 9. The summed E-state index contributed by atoms with van der Waals surface area (Å²) in [5.74, 6) is 0.988. The third-order valence-electron chi connectivity index (χ3n) is 2.00. The van der Waals surface area contributed by atoms with Crippen LogP contribution in [0.1, 0.15) is 0 Å². The SMILES string of the molecule is ClC1=CSNC=C1.O=S(OC1=CSNC=C1)OC1=CSNC=C1. The summed E-state index contributed by atoms with van der Waals surface area (Å²) in [6.45, 7) is 0. The van der Waals surface area contributed by atoms with E-state index >= 15 is 0 Å². The summed E-state index contributed by atoms with van der Waals surface area (Å²) < 4.78 is 30.2. The second-order valence-electron chi connectivity index (χ2n) is 3.62. The summed E-state index contributed by atoms with van der Waals surface area (Å²) >= 11 is 7.83. The van der Waals surface area contributed by atoms with E-state index < -0.39 is 11.4 Å². The number of rotatable bonds is 4. The van der Waals surface area contributed by atoms with Gasteiger partial charge in [-0.15, -0.1) is 0 Å². The number of nitrogens with one attached hydrogen (secondary N) is 3. The highest BCUT2D eigenvalue weighted by Gasteiger charge is 2.09. The molecule has 0 aromatic carbocycles. The van der Waals surface area contributed by atoms with Crippen LogP contribution in [0.3, 0.4) is 0 Å². The molecule has 0 radical (unpaired) electrons. The van der Waals surface area contributed by atoms with Crippen molar-refractivity contribution in [2.45, 2.75) is 0 Å². The van der Waals surface area contributed by atoms with Crippen LogP contribution in [0.4, 0.5) is 0 Å². The second-order valence-corrected chi connectivity index (χ2v) is 6.92. The van der Waals surface area contributed by atoms with Gasteiger partial charge < -0.3 is 22.5 Å². The standard InChI is InChI=1S/C8H8N2O3S3.C4H4ClNS/c11-16(12-7-1-3-9-14-5-7)13-8-2-4-10-15-6-8;5-4-1-2-6-7-3-4/h1-6,9-10H;1-3,6H. The molecule has 3 N–H and O–H groups in total. The van der Waals surface area contributed by atoms with E-state index in [1.165, 1.54) is 35.8 Å². The van der Waals surface area contributed by atoms with E-state index in [2.05, 4.69) is 14.2 Å². The van der Waals surface area contributed by atoms with Crippen molar-refractivity contribution >= 4 is 58.8 Å². The normalized spacial score (nSPS) is 18.3. The van der Waals surface area contributed by atoms with Crippen molar-refractivity contribution in [3.63, 3.8) is 0 Å². The smallest absolute Gasteiger partial charge is 0.370 e. The number of hydrogen-bond donors (Lipinski definition) is 3. The fourth-order valence-electron chi connectivity index (χ4n) is 1.13. The first kappa shape index (κ1) is 18.3. The van der Waals surface area contributed by atoms with E-state index in [4.69, 9.17) is 20.0 Å². The van der Waals surface area contributed by atoms with Gasteiger partial charge in [0.1, 0.15) is 0 Å². The van der Waals surface area contributed by atoms with Crippen LogP contribution < -0.4 is 14.2 Å². The van der Waals surface area contributed by atoms with Gasteiger partial charge in [0, 0.05) is 34.8 Å². The highest BCUT2D eigenvalue weighted by Crippen LogP contribution is 2.17. The summed E-state index contributed by atoms with van der Waals surface area (Å²) in [5, 5.41) is 6.01. The monoisotopic (exact) mass is 409 g/mol. The molecule has 0 aromatic heterocycles. The zero-order chi connectivity index (χ0) is 16.3. The molecule has 0 aliphatic carbocycles. The molecule has 11 heteroatoms. The first-order chi connectivity index (χ1) is 11.2. The minimum atomic E-state index is -1.84. The maximum Gasteiger partial charge on any atom is 0.417 e. The van der Waals surface area contributed by atoms with Crippen molar-refractivity contribution in [2.75, 3.05) is 0 Å². The molecule has 3 aliphatic rings. The van der Waals surface area contributed by atoms with Gasteiger partial charge in [0.25, 0.3) is 0 Å². The molecule has 124 valence electrons. The fraction of sp³-hybridized carbons (Fsp3) is 0. The summed E-state index contributed by atoms with van der Waals surface area (Å²) in [7, 11) is 0. The van der Waals surface area contributed by atoms with Gasteiger partial charge >= 0.3 is 11.4 Å². The lowest BCUT2D eigenvalue weighted by Crippen LogP contribution is -2.05. The number of halogens is 1. The van der Waals surface area contributed by atoms with Gasteiger partial charge in [-0.2, -0.15) is 4.21 Å². The van der Waals surface area contributed by atoms with Crippen LogP contribution in [0.25, 0.3) is 0 Å². The fourth-order valence-corrected chi connectivity index (χ4v) is 3.32. The van der Waals surface area contributed by atoms with Crippen LogP contribution in [0.5, 0.6) is 0 Å². The first-order valence-corrected chi connectivity index (χ1v) is 10.0. The Kier molecular flexibility index (Phi) is 8.47. The molecule has 0 amide bonds. The molecule has 3 rings (SSSR count). The van der Waals surface area contributed by atoms with E-state index in [1.54, 1.807) is 47.6 Å². The lowest BCUT2D eigenvalue weighted by molar-refractivity contribution is 0.363. The van der Waals surface area contributed by atoms with Gasteiger partial charge in [-0.25, -0.2) is 0 Å². The first-order valence-electron chi connectivity index (χ1n) is 6.01. The molecule has 0 spiro atoms. The summed E-state index contributed by atoms with van der Waals surface area (Å²) in [6.07, 6.45) is 10.3. The lowest BCUT2D eigenvalue weighted by Gasteiger charge is -2.10. The van der Waals surface area contributed by atoms with Crippen LogP contribution in [0.2, 0.25) is 0 Å². The molecule has 0 saturated heterocycles. The van der Waals surface area contributed by atoms with Crippen molar-refractivity contribution in [1.82, 2.24) is 14.2 Å². The molecule has 6 nitrogen and oxygen atoms in total. The van der Waals surface area contributed by atoms with Gasteiger partial charge in [0.15, 0.2) is 11.5 Å². The van der Waals surface area contributed by atoms with E-state index in [9.17, 15) is 4.21 Å². The van der Waals surface area contributed by atoms with Crippen LogP contribution in [0.15, 0.2) is 69.6 Å². The van der Waals surface area contributed by atoms with Crippen molar-refractivity contribution < 1.29 is 12.6 Å². The highest BCUT2D eigenvalue weighted by atomic mass is 35.5. The van der Waals surface area contributed by atoms with Gasteiger partial charge in [0.2, 0.25) is 0 Å². The largest absolute Gasteiger partial charge is 0.417 e. The van der Waals surface area contributed by atoms with E-state index in [0.717, 1.165) is 5.03 Å². The average molecular weight is 410 g/mol. The number of allylic oxidation sites excluding steroid dienone is 4. The van der Waals surface area contributed by atoms with Crippen LogP contribution in [0, 0.1) is 0 Å². The Labute approximate surface area is 154 Å². The Morgan fingerprint density at radius 3 is 1.61 bits per heavy atom. The lowest BCUT2D eigenvalue weighted by atomic mass is 10.5. The van der Waals surface area contributed by atoms with Crippen molar-refractivity contribution in [3.05, 3.63) is 69.6 Å². The third kappa shape index (κ3) is 7.84. The Bertz CT molecular complexity index is 581. The second kappa shape index (κ2) is 10.7. The third-order valence-corrected chi connectivity index (χ3v) is 4.91. The maximum absolute atomic E-state index is 11.4. The summed E-state index contributed by atoms with van der Waals surface area (Å²) in [4.78, 5) is 0. The quantitative estimate of drug-likeness (QED) is 0.603. The van der Waals surface area contributed by atoms with Crippen LogP contribution in [-0.4, -0.2) is 4.21 Å². The minimum Gasteiger partial charge on any atom is -0.370 e. The van der Waals surface area contributed by atoms with Crippen LogP contribution >= 0.6 is 47.4 Å². The molecular weight excluding hydrogens is 398 g/mol. The molecule has 3 aliphatic heterocycles. The van der Waals surface area contributed by atoms with Gasteiger partial charge in [-0.05, 0) is 54.1 Å². The van der Waals surface area contributed by atoms with E-state index in [0.29, 0.717) is 11.5 Å². The summed E-state index contributed by atoms with van der Waals surface area (Å²) in [5.41, 5.74) is 0. The zero-order valence-corrected chi connectivity index (χ0v) is 15.5. The molecule has 0 fully saturated rings. The van der Waals surface area contributed by atoms with E-state index in [-0.39, 0.29) is 0 Å². The summed E-state index contributed by atoms with van der Waals surface area (Å²) in [6, 6.07) is 0. The molecule has 3 heterocycles. The van der Waals surface area contributed by atoms with Crippen molar-refractivity contribution in [3.8, 4) is 0 Å². The zero-order valence-electron chi connectivity index (χ0n) is 11.4. The average Bonchev–Trinajstić information content (AvgIpc) is 2.58. The molecule has 0 unspecified atom stereocenters. The Hall–Kier alpha value is -1.07. The maximum atomic E-state index is 11.4. The Balaban J connectivity index is 0.000000229. The molecule has 23 heavy (non-hydrogen) atoms. The molecule has 0 bridgehead atoms. The Morgan fingerprint density at radius 1 is 0.826 bits per heavy atom. The van der Waals surface area contributed by atoms with Crippen molar-refractivity contribution in [2.24, 2.45) is 0 Å². The molecule has 0 aromatic rings.